The van der Waals surface area contributed by atoms with E-state index in [1.54, 1.807) is 0 Å². The van der Waals surface area contributed by atoms with E-state index in [2.05, 4.69) is 111 Å². The van der Waals surface area contributed by atoms with Gasteiger partial charge in [0.15, 0.2) is 0 Å². The summed E-state index contributed by atoms with van der Waals surface area (Å²) in [6.07, 6.45) is 51.5. The first-order valence-corrected chi connectivity index (χ1v) is 20.0. The van der Waals surface area contributed by atoms with Gasteiger partial charge in [0, 0.05) is 25.4 Å². The fourth-order valence-electron chi connectivity index (χ4n) is 5.46. The van der Waals surface area contributed by atoms with Gasteiger partial charge >= 0.3 is 0 Å². The van der Waals surface area contributed by atoms with E-state index in [0.29, 0.717) is 18.8 Å². The summed E-state index contributed by atoms with van der Waals surface area (Å²) in [5.41, 5.74) is 0. The standard InChI is InChI=1S/C44H76N2O2/c1-5-7-9-11-13-15-17-18-19-20-21-22-23-24-26-28-30-32-34-39-44(48)46-42(41(3)4)37-35-36-40-45-43(47)38-33-31-29-27-25-16-14-12-10-8-6-2/h7,9,13,15,18-19,21-22,24,26,30,32,41-42H,5-6,8,10-12,14,16-17,20,23,25,27-29,31,33-40H2,1-4H3,(H,45,47)(H,46,48)/b9-7-,15-13-,19-18-,22-21-,26-24-,32-30-/t42-/m0/s1. The van der Waals surface area contributed by atoms with E-state index >= 15 is 0 Å². The Kier molecular flexibility index (Phi) is 35.2. The van der Waals surface area contributed by atoms with Crippen LogP contribution in [0.5, 0.6) is 0 Å². The molecule has 0 radical (unpaired) electrons. The maximum Gasteiger partial charge on any atom is 0.220 e. The summed E-state index contributed by atoms with van der Waals surface area (Å²) in [4.78, 5) is 24.7. The molecule has 1 atom stereocenters. The molecule has 4 nitrogen and oxygen atoms in total. The van der Waals surface area contributed by atoms with Crippen molar-refractivity contribution < 1.29 is 9.59 Å². The van der Waals surface area contributed by atoms with Crippen molar-refractivity contribution in [1.82, 2.24) is 10.6 Å². The second kappa shape index (κ2) is 37.2. The van der Waals surface area contributed by atoms with Crippen molar-refractivity contribution in [2.75, 3.05) is 6.54 Å². The molecule has 0 spiro atoms. The summed E-state index contributed by atoms with van der Waals surface area (Å²) in [6.45, 7) is 9.50. The molecule has 2 amide bonds. The van der Waals surface area contributed by atoms with Crippen LogP contribution in [0.3, 0.4) is 0 Å². The highest BCUT2D eigenvalue weighted by atomic mass is 16.2. The maximum absolute atomic E-state index is 12.5. The van der Waals surface area contributed by atoms with E-state index in [1.807, 2.05) is 0 Å². The van der Waals surface area contributed by atoms with Gasteiger partial charge in [0.25, 0.3) is 0 Å². The summed E-state index contributed by atoms with van der Waals surface area (Å²) in [5, 5.41) is 6.34. The largest absolute Gasteiger partial charge is 0.356 e. The number of allylic oxidation sites excluding steroid dienone is 12. The predicted octanol–water partition coefficient (Wildman–Crippen LogP) is 12.6. The number of carbonyl (C=O) groups excluding carboxylic acids is 2. The van der Waals surface area contributed by atoms with Crippen molar-refractivity contribution in [3.05, 3.63) is 72.9 Å². The molecular formula is C44H76N2O2. The van der Waals surface area contributed by atoms with Gasteiger partial charge in [-0.15, -0.1) is 0 Å². The van der Waals surface area contributed by atoms with Gasteiger partial charge < -0.3 is 10.6 Å². The van der Waals surface area contributed by atoms with E-state index in [9.17, 15) is 9.59 Å². The third-order valence-electron chi connectivity index (χ3n) is 8.56. The lowest BCUT2D eigenvalue weighted by Gasteiger charge is -2.22. The molecule has 48 heavy (non-hydrogen) atoms. The highest BCUT2D eigenvalue weighted by Gasteiger charge is 2.15. The number of amides is 2. The molecule has 0 rings (SSSR count). The van der Waals surface area contributed by atoms with Gasteiger partial charge in [-0.05, 0) is 76.5 Å². The van der Waals surface area contributed by atoms with Crippen LogP contribution in [0.2, 0.25) is 0 Å². The third kappa shape index (κ3) is 34.7. The molecule has 0 bridgehead atoms. The Labute approximate surface area is 298 Å². The molecule has 0 heterocycles. The Morgan fingerprint density at radius 2 is 0.958 bits per heavy atom. The zero-order chi connectivity index (χ0) is 35.2. The van der Waals surface area contributed by atoms with Crippen molar-refractivity contribution in [2.24, 2.45) is 5.92 Å². The number of nitrogens with one attached hydrogen (secondary N) is 2. The summed E-state index contributed by atoms with van der Waals surface area (Å²) < 4.78 is 0. The van der Waals surface area contributed by atoms with E-state index in [1.165, 1.54) is 64.2 Å². The average Bonchev–Trinajstić information content (AvgIpc) is 3.07. The SMILES string of the molecule is CC/C=C\C/C=C\C/C=C\C/C=C\C/C=C\C/C=C\CCC(=O)N[C@@H](CCCCNC(=O)CCCCCCCCCCCCC)C(C)C. The van der Waals surface area contributed by atoms with Crippen molar-refractivity contribution in [2.45, 2.75) is 181 Å². The third-order valence-corrected chi connectivity index (χ3v) is 8.56. The molecular weight excluding hydrogens is 588 g/mol. The summed E-state index contributed by atoms with van der Waals surface area (Å²) in [7, 11) is 0. The molecule has 0 aliphatic rings. The molecule has 274 valence electrons. The Morgan fingerprint density at radius 1 is 0.500 bits per heavy atom. The van der Waals surface area contributed by atoms with Gasteiger partial charge in [-0.2, -0.15) is 0 Å². The molecule has 0 saturated heterocycles. The number of carbonyl (C=O) groups is 2. The minimum atomic E-state index is 0.133. The maximum atomic E-state index is 12.5. The molecule has 0 aromatic rings. The molecule has 2 N–H and O–H groups in total. The highest BCUT2D eigenvalue weighted by molar-refractivity contribution is 5.76. The first-order chi connectivity index (χ1) is 23.5. The Hall–Kier alpha value is -2.62. The van der Waals surface area contributed by atoms with E-state index in [0.717, 1.165) is 77.2 Å². The van der Waals surface area contributed by atoms with Crippen LogP contribution >= 0.6 is 0 Å². The second-order valence-electron chi connectivity index (χ2n) is 13.5. The van der Waals surface area contributed by atoms with Crippen molar-refractivity contribution >= 4 is 11.8 Å². The zero-order valence-corrected chi connectivity index (χ0v) is 31.9. The van der Waals surface area contributed by atoms with Crippen LogP contribution in [0.4, 0.5) is 0 Å². The first-order valence-electron chi connectivity index (χ1n) is 20.0. The zero-order valence-electron chi connectivity index (χ0n) is 31.9. The minimum Gasteiger partial charge on any atom is -0.356 e. The molecule has 0 fully saturated rings. The molecule has 0 aliphatic heterocycles. The lowest BCUT2D eigenvalue weighted by molar-refractivity contribution is -0.122. The minimum absolute atomic E-state index is 0.133. The monoisotopic (exact) mass is 665 g/mol. The van der Waals surface area contributed by atoms with Gasteiger partial charge in [-0.3, -0.25) is 9.59 Å². The Morgan fingerprint density at radius 3 is 1.44 bits per heavy atom. The van der Waals surface area contributed by atoms with Gasteiger partial charge in [0.05, 0.1) is 0 Å². The molecule has 0 saturated carbocycles. The van der Waals surface area contributed by atoms with Crippen LogP contribution in [-0.4, -0.2) is 24.4 Å². The number of rotatable bonds is 33. The average molecular weight is 665 g/mol. The number of hydrogen-bond donors (Lipinski definition) is 2. The van der Waals surface area contributed by atoms with Crippen LogP contribution in [0.1, 0.15) is 175 Å². The van der Waals surface area contributed by atoms with Gasteiger partial charge in [-0.25, -0.2) is 0 Å². The quantitative estimate of drug-likeness (QED) is 0.0542. The van der Waals surface area contributed by atoms with E-state index in [4.69, 9.17) is 0 Å². The van der Waals surface area contributed by atoms with Gasteiger partial charge in [-0.1, -0.05) is 165 Å². The molecule has 0 unspecified atom stereocenters. The smallest absolute Gasteiger partial charge is 0.220 e. The summed E-state index contributed by atoms with van der Waals surface area (Å²) in [6, 6.07) is 0.190. The van der Waals surface area contributed by atoms with Crippen LogP contribution in [0, 0.1) is 5.92 Å². The van der Waals surface area contributed by atoms with Crippen LogP contribution in [0.25, 0.3) is 0 Å². The topological polar surface area (TPSA) is 58.2 Å². The fourth-order valence-corrected chi connectivity index (χ4v) is 5.46. The second-order valence-corrected chi connectivity index (χ2v) is 13.5. The summed E-state index contributed by atoms with van der Waals surface area (Å²) in [5.74, 6) is 0.720. The predicted molar refractivity (Wildman–Crippen MR) is 212 cm³/mol. The van der Waals surface area contributed by atoms with Gasteiger partial charge in [0.2, 0.25) is 11.8 Å². The Balaban J connectivity index is 3.81. The molecule has 0 aromatic heterocycles. The van der Waals surface area contributed by atoms with Crippen molar-refractivity contribution in [1.29, 1.82) is 0 Å². The molecule has 4 heteroatoms. The highest BCUT2D eigenvalue weighted by Crippen LogP contribution is 2.13. The van der Waals surface area contributed by atoms with Crippen LogP contribution in [0.15, 0.2) is 72.9 Å². The van der Waals surface area contributed by atoms with E-state index < -0.39 is 0 Å². The van der Waals surface area contributed by atoms with Crippen LogP contribution in [-0.2, 0) is 9.59 Å². The fraction of sp³-hybridized carbons (Fsp3) is 0.682. The summed E-state index contributed by atoms with van der Waals surface area (Å²) >= 11 is 0. The molecule has 0 aromatic carbocycles. The lowest BCUT2D eigenvalue weighted by atomic mass is 9.98. The Bertz CT molecular complexity index is 909. The molecule has 0 aliphatic carbocycles. The van der Waals surface area contributed by atoms with Crippen LogP contribution < -0.4 is 10.6 Å². The van der Waals surface area contributed by atoms with E-state index in [-0.39, 0.29) is 17.9 Å². The normalized spacial score (nSPS) is 13.1. The lowest BCUT2D eigenvalue weighted by Crippen LogP contribution is -2.38. The van der Waals surface area contributed by atoms with Crippen molar-refractivity contribution in [3.8, 4) is 0 Å². The number of unbranched alkanes of at least 4 members (excludes halogenated alkanes) is 11. The van der Waals surface area contributed by atoms with Crippen molar-refractivity contribution in [3.63, 3.8) is 0 Å². The number of hydrogen-bond acceptors (Lipinski definition) is 2. The first kappa shape index (κ1) is 45.4. The van der Waals surface area contributed by atoms with Gasteiger partial charge in [0.1, 0.15) is 0 Å².